The number of hydrogen-bond donors (Lipinski definition) is 1. The van der Waals surface area contributed by atoms with E-state index in [1.807, 2.05) is 0 Å². The average molecular weight is 431 g/mol. The number of methoxy groups -OCH3 is 1. The van der Waals surface area contributed by atoms with Crippen LogP contribution in [0.3, 0.4) is 0 Å². The molecule has 8 nitrogen and oxygen atoms in total. The standard InChI is InChI=1S/C21H21NO7S/c1-12-9-17(23)21-20(28-12)16(10-18(24)22-14-7-8-30(25,26)11-14)19(29-21)13-3-5-15(27-2)6-4-13/h3-6,9,14H,7-8,10-11H2,1-2H3,(H,22,24). The van der Waals surface area contributed by atoms with Crippen molar-refractivity contribution in [3.05, 3.63) is 51.9 Å². The first kappa shape index (κ1) is 20.2. The highest BCUT2D eigenvalue weighted by Gasteiger charge is 2.30. The first-order chi connectivity index (χ1) is 14.3. The van der Waals surface area contributed by atoms with Crippen molar-refractivity contribution in [1.29, 1.82) is 0 Å². The van der Waals surface area contributed by atoms with E-state index in [0.717, 1.165) is 0 Å². The van der Waals surface area contributed by atoms with Gasteiger partial charge in [-0.1, -0.05) is 0 Å². The van der Waals surface area contributed by atoms with Gasteiger partial charge in [0.05, 0.1) is 30.6 Å². The monoisotopic (exact) mass is 431 g/mol. The average Bonchev–Trinajstić information content (AvgIpc) is 3.22. The molecular formula is C21H21NO7S. The molecule has 0 radical (unpaired) electrons. The number of sulfone groups is 1. The fourth-order valence-corrected chi connectivity index (χ4v) is 5.32. The van der Waals surface area contributed by atoms with E-state index >= 15 is 0 Å². The highest BCUT2D eigenvalue weighted by Crippen LogP contribution is 2.34. The molecule has 1 amide bonds. The van der Waals surface area contributed by atoms with E-state index in [0.29, 0.717) is 34.8 Å². The number of aryl methyl sites for hydroxylation is 1. The van der Waals surface area contributed by atoms with Crippen LogP contribution in [0.25, 0.3) is 22.5 Å². The summed E-state index contributed by atoms with van der Waals surface area (Å²) in [7, 11) is -1.56. The van der Waals surface area contributed by atoms with Crippen molar-refractivity contribution >= 4 is 26.9 Å². The number of rotatable bonds is 5. The molecule has 1 saturated heterocycles. The molecule has 9 heteroatoms. The van der Waals surface area contributed by atoms with Crippen LogP contribution in [0.1, 0.15) is 17.7 Å². The van der Waals surface area contributed by atoms with Crippen molar-refractivity contribution in [1.82, 2.24) is 5.32 Å². The summed E-state index contributed by atoms with van der Waals surface area (Å²) in [5, 5.41) is 2.76. The number of carbonyl (C=O) groups excluding carboxylic acids is 1. The van der Waals surface area contributed by atoms with Crippen LogP contribution >= 0.6 is 0 Å². The third-order valence-electron chi connectivity index (χ3n) is 5.07. The van der Waals surface area contributed by atoms with Crippen molar-refractivity contribution < 1.29 is 26.8 Å². The molecule has 30 heavy (non-hydrogen) atoms. The first-order valence-electron chi connectivity index (χ1n) is 9.46. The number of ether oxygens (including phenoxy) is 1. The predicted molar refractivity (Wildman–Crippen MR) is 110 cm³/mol. The molecule has 1 N–H and O–H groups in total. The molecule has 0 aliphatic carbocycles. The van der Waals surface area contributed by atoms with Gasteiger partial charge in [0.25, 0.3) is 0 Å². The number of hydrogen-bond acceptors (Lipinski definition) is 7. The Morgan fingerprint density at radius 1 is 1.20 bits per heavy atom. The maximum atomic E-state index is 12.7. The van der Waals surface area contributed by atoms with Crippen LogP contribution in [0.5, 0.6) is 5.75 Å². The van der Waals surface area contributed by atoms with Gasteiger partial charge in [-0.3, -0.25) is 9.59 Å². The molecule has 0 bridgehead atoms. The van der Waals surface area contributed by atoms with Crippen molar-refractivity contribution in [3.8, 4) is 17.1 Å². The zero-order chi connectivity index (χ0) is 21.5. The van der Waals surface area contributed by atoms with Gasteiger partial charge in [-0.2, -0.15) is 0 Å². The molecule has 158 valence electrons. The van der Waals surface area contributed by atoms with E-state index in [2.05, 4.69) is 5.32 Å². The molecule has 1 unspecified atom stereocenters. The molecule has 4 rings (SSSR count). The summed E-state index contributed by atoms with van der Waals surface area (Å²) in [4.78, 5) is 25.1. The molecular weight excluding hydrogens is 410 g/mol. The maximum Gasteiger partial charge on any atom is 0.228 e. The van der Waals surface area contributed by atoms with Gasteiger partial charge in [0.2, 0.25) is 16.9 Å². The Hall–Kier alpha value is -3.07. The summed E-state index contributed by atoms with van der Waals surface area (Å²) >= 11 is 0. The summed E-state index contributed by atoms with van der Waals surface area (Å²) in [6.45, 7) is 1.65. The van der Waals surface area contributed by atoms with E-state index in [4.69, 9.17) is 13.6 Å². The summed E-state index contributed by atoms with van der Waals surface area (Å²) in [5.74, 6) is 1.05. The highest BCUT2D eigenvalue weighted by molar-refractivity contribution is 7.91. The fourth-order valence-electron chi connectivity index (χ4n) is 3.65. The van der Waals surface area contributed by atoms with Crippen LogP contribution in [0.2, 0.25) is 0 Å². The quantitative estimate of drug-likeness (QED) is 0.658. The van der Waals surface area contributed by atoms with Gasteiger partial charge in [0, 0.05) is 17.7 Å². The molecule has 1 aliphatic heterocycles. The Morgan fingerprint density at radius 3 is 2.57 bits per heavy atom. The van der Waals surface area contributed by atoms with E-state index in [1.165, 1.54) is 6.07 Å². The van der Waals surface area contributed by atoms with Crippen molar-refractivity contribution in [3.63, 3.8) is 0 Å². The highest BCUT2D eigenvalue weighted by atomic mass is 32.2. The van der Waals surface area contributed by atoms with Gasteiger partial charge < -0.3 is 18.9 Å². The summed E-state index contributed by atoms with van der Waals surface area (Å²) in [6, 6.07) is 7.93. The SMILES string of the molecule is COc1ccc(-c2oc3c(=O)cc(C)oc3c2CC(=O)NC2CCS(=O)(=O)C2)cc1. The van der Waals surface area contributed by atoms with Gasteiger partial charge in [0.15, 0.2) is 15.4 Å². The second-order valence-corrected chi connectivity index (χ2v) is 9.59. The minimum Gasteiger partial charge on any atom is -0.497 e. The number of nitrogens with one attached hydrogen (secondary N) is 1. The number of fused-ring (bicyclic) bond motifs is 1. The Balaban J connectivity index is 1.72. The van der Waals surface area contributed by atoms with Crippen LogP contribution in [0, 0.1) is 6.92 Å². The summed E-state index contributed by atoms with van der Waals surface area (Å²) < 4.78 is 40.0. The lowest BCUT2D eigenvalue weighted by Gasteiger charge is -2.11. The molecule has 3 aromatic rings. The Kier molecular flexibility index (Phi) is 5.15. The third-order valence-corrected chi connectivity index (χ3v) is 6.83. The second kappa shape index (κ2) is 7.64. The summed E-state index contributed by atoms with van der Waals surface area (Å²) in [5.41, 5.74) is 1.02. The number of amides is 1. The van der Waals surface area contributed by atoms with Crippen LogP contribution in [-0.2, 0) is 21.1 Å². The minimum absolute atomic E-state index is 0.0395. The number of carbonyl (C=O) groups is 1. The topological polar surface area (TPSA) is 116 Å². The number of benzene rings is 1. The van der Waals surface area contributed by atoms with Crippen LogP contribution in [0.4, 0.5) is 0 Å². The summed E-state index contributed by atoms with van der Waals surface area (Å²) in [6.07, 6.45) is 0.275. The molecule has 3 heterocycles. The van der Waals surface area contributed by atoms with Crippen molar-refractivity contribution in [2.45, 2.75) is 25.8 Å². The Bertz CT molecular complexity index is 1270. The molecule has 1 atom stereocenters. The largest absolute Gasteiger partial charge is 0.497 e. The lowest BCUT2D eigenvalue weighted by Crippen LogP contribution is -2.36. The fraction of sp³-hybridized carbons (Fsp3) is 0.333. The van der Waals surface area contributed by atoms with Crippen molar-refractivity contribution in [2.24, 2.45) is 0 Å². The van der Waals surface area contributed by atoms with Gasteiger partial charge in [-0.05, 0) is 37.6 Å². The zero-order valence-electron chi connectivity index (χ0n) is 16.6. The van der Waals surface area contributed by atoms with E-state index < -0.39 is 15.9 Å². The number of furan rings is 1. The predicted octanol–water partition coefficient (Wildman–Crippen LogP) is 2.22. The molecule has 0 saturated carbocycles. The van der Waals surface area contributed by atoms with Gasteiger partial charge >= 0.3 is 0 Å². The van der Waals surface area contributed by atoms with E-state index in [-0.39, 0.29) is 40.4 Å². The van der Waals surface area contributed by atoms with Crippen LogP contribution in [0.15, 0.2) is 44.0 Å². The molecule has 1 aromatic carbocycles. The molecule has 1 fully saturated rings. The Morgan fingerprint density at radius 2 is 1.93 bits per heavy atom. The third kappa shape index (κ3) is 3.97. The van der Waals surface area contributed by atoms with Gasteiger partial charge in [-0.25, -0.2) is 8.42 Å². The van der Waals surface area contributed by atoms with E-state index in [1.54, 1.807) is 38.3 Å². The molecule has 2 aromatic heterocycles. The second-order valence-electron chi connectivity index (χ2n) is 7.36. The minimum atomic E-state index is -3.11. The molecule has 0 spiro atoms. The Labute approximate surface area is 172 Å². The maximum absolute atomic E-state index is 12.7. The lowest BCUT2D eigenvalue weighted by molar-refractivity contribution is -0.121. The lowest BCUT2D eigenvalue weighted by atomic mass is 10.0. The van der Waals surface area contributed by atoms with Gasteiger partial charge in [-0.15, -0.1) is 0 Å². The van der Waals surface area contributed by atoms with Gasteiger partial charge in [0.1, 0.15) is 17.3 Å². The first-order valence-corrected chi connectivity index (χ1v) is 11.3. The molecule has 1 aliphatic rings. The van der Waals surface area contributed by atoms with Crippen LogP contribution in [-0.4, -0.2) is 39.0 Å². The normalized spacial score (nSPS) is 17.9. The van der Waals surface area contributed by atoms with Crippen molar-refractivity contribution in [2.75, 3.05) is 18.6 Å². The zero-order valence-corrected chi connectivity index (χ0v) is 17.4. The smallest absolute Gasteiger partial charge is 0.228 e. The van der Waals surface area contributed by atoms with E-state index in [9.17, 15) is 18.0 Å². The van der Waals surface area contributed by atoms with Crippen LogP contribution < -0.4 is 15.5 Å².